The molecule has 1 amide bonds. The highest BCUT2D eigenvalue weighted by Crippen LogP contribution is 2.23. The quantitative estimate of drug-likeness (QED) is 0.664. The molecule has 0 atom stereocenters. The van der Waals surface area contributed by atoms with Gasteiger partial charge in [0, 0.05) is 29.6 Å². The summed E-state index contributed by atoms with van der Waals surface area (Å²) < 4.78 is 5.13. The number of carbonyl (C=O) groups is 1. The van der Waals surface area contributed by atoms with Crippen LogP contribution in [0.4, 0.5) is 11.6 Å². The second kappa shape index (κ2) is 8.51. The average Bonchev–Trinajstić information content (AvgIpc) is 2.70. The summed E-state index contributed by atoms with van der Waals surface area (Å²) in [5.74, 6) is 0.962. The minimum atomic E-state index is -0.290. The third kappa shape index (κ3) is 4.74. The number of aromatic nitrogens is 2. The molecule has 0 aliphatic heterocycles. The van der Waals surface area contributed by atoms with Crippen molar-refractivity contribution in [3.05, 3.63) is 76.6 Å². The molecule has 27 heavy (non-hydrogen) atoms. The zero-order chi connectivity index (χ0) is 19.2. The van der Waals surface area contributed by atoms with Gasteiger partial charge in [-0.2, -0.15) is 0 Å². The summed E-state index contributed by atoms with van der Waals surface area (Å²) in [6.07, 6.45) is 2.97. The largest absolute Gasteiger partial charge is 0.497 e. The van der Waals surface area contributed by atoms with Crippen LogP contribution in [-0.4, -0.2) is 23.0 Å². The fourth-order valence-corrected chi connectivity index (χ4v) is 2.57. The topological polar surface area (TPSA) is 76.1 Å². The van der Waals surface area contributed by atoms with Crippen LogP contribution in [0.15, 0.2) is 54.9 Å². The van der Waals surface area contributed by atoms with Gasteiger partial charge in [-0.3, -0.25) is 4.79 Å². The van der Waals surface area contributed by atoms with Crippen molar-refractivity contribution in [1.29, 1.82) is 0 Å². The molecule has 2 aromatic carbocycles. The van der Waals surface area contributed by atoms with Gasteiger partial charge in [-0.05, 0) is 42.3 Å². The van der Waals surface area contributed by atoms with E-state index in [1.54, 1.807) is 25.3 Å². The summed E-state index contributed by atoms with van der Waals surface area (Å²) in [6, 6.07) is 13.1. The number of halogens is 1. The fourth-order valence-electron chi connectivity index (χ4n) is 2.40. The van der Waals surface area contributed by atoms with Crippen LogP contribution < -0.4 is 15.4 Å². The Labute approximate surface area is 162 Å². The second-order valence-corrected chi connectivity index (χ2v) is 6.27. The lowest BCUT2D eigenvalue weighted by molar-refractivity contribution is 0.102. The average molecular weight is 383 g/mol. The molecule has 2 N–H and O–H groups in total. The van der Waals surface area contributed by atoms with Crippen LogP contribution >= 0.6 is 11.6 Å². The van der Waals surface area contributed by atoms with Crippen molar-refractivity contribution in [1.82, 2.24) is 9.97 Å². The number of hydrogen-bond acceptors (Lipinski definition) is 5. The Hall–Kier alpha value is -3.12. The predicted molar refractivity (Wildman–Crippen MR) is 106 cm³/mol. The molecule has 3 rings (SSSR count). The van der Waals surface area contributed by atoms with Gasteiger partial charge in [0.25, 0.3) is 5.91 Å². The number of hydrogen-bond donors (Lipinski definition) is 2. The highest BCUT2D eigenvalue weighted by molar-refractivity contribution is 6.31. The van der Waals surface area contributed by atoms with E-state index in [0.717, 1.165) is 16.9 Å². The van der Waals surface area contributed by atoms with Crippen LogP contribution in [0.5, 0.6) is 5.75 Å². The molecule has 0 radical (unpaired) electrons. The number of nitrogens with one attached hydrogen (secondary N) is 2. The first kappa shape index (κ1) is 18.7. The van der Waals surface area contributed by atoms with E-state index in [0.29, 0.717) is 28.8 Å². The zero-order valence-corrected chi connectivity index (χ0v) is 15.7. The van der Waals surface area contributed by atoms with Crippen LogP contribution in [0, 0.1) is 6.92 Å². The molecule has 0 spiro atoms. The number of benzene rings is 2. The number of nitrogens with zero attached hydrogens (tertiary/aromatic N) is 2. The van der Waals surface area contributed by atoms with E-state index >= 15 is 0 Å². The first-order valence-corrected chi connectivity index (χ1v) is 8.70. The molecule has 0 saturated heterocycles. The number of amides is 1. The highest BCUT2D eigenvalue weighted by atomic mass is 35.5. The van der Waals surface area contributed by atoms with Crippen molar-refractivity contribution in [3.8, 4) is 5.75 Å². The molecule has 1 heterocycles. The number of rotatable bonds is 6. The summed E-state index contributed by atoms with van der Waals surface area (Å²) in [5, 5.41) is 6.54. The van der Waals surface area contributed by atoms with E-state index in [9.17, 15) is 4.79 Å². The van der Waals surface area contributed by atoms with E-state index in [-0.39, 0.29) is 5.91 Å². The molecule has 0 saturated carbocycles. The Balaban J connectivity index is 1.60. The summed E-state index contributed by atoms with van der Waals surface area (Å²) >= 11 is 6.08. The lowest BCUT2D eigenvalue weighted by Gasteiger charge is -2.10. The number of ether oxygens (including phenoxy) is 1. The van der Waals surface area contributed by atoms with Gasteiger partial charge in [0.05, 0.1) is 12.7 Å². The molecule has 0 fully saturated rings. The summed E-state index contributed by atoms with van der Waals surface area (Å²) in [4.78, 5) is 20.8. The van der Waals surface area contributed by atoms with Gasteiger partial charge in [0.2, 0.25) is 5.95 Å². The molecule has 3 aromatic rings. The lowest BCUT2D eigenvalue weighted by atomic mass is 10.2. The minimum Gasteiger partial charge on any atom is -0.497 e. The first-order chi connectivity index (χ1) is 13.1. The highest BCUT2D eigenvalue weighted by Gasteiger charge is 2.10. The SMILES string of the molecule is COc1ccc(CNc2ncc(C(=O)Nc3cccc(Cl)c3C)cn2)cc1. The molecule has 0 aliphatic carbocycles. The van der Waals surface area contributed by atoms with E-state index in [1.165, 1.54) is 12.4 Å². The van der Waals surface area contributed by atoms with Crippen LogP contribution in [-0.2, 0) is 6.54 Å². The molecule has 0 bridgehead atoms. The van der Waals surface area contributed by atoms with Crippen LogP contribution in [0.2, 0.25) is 5.02 Å². The van der Waals surface area contributed by atoms with Gasteiger partial charge in [0.1, 0.15) is 5.75 Å². The molecule has 138 valence electrons. The monoisotopic (exact) mass is 382 g/mol. The van der Waals surface area contributed by atoms with Gasteiger partial charge >= 0.3 is 0 Å². The maximum Gasteiger partial charge on any atom is 0.258 e. The third-order valence-electron chi connectivity index (χ3n) is 4.04. The lowest BCUT2D eigenvalue weighted by Crippen LogP contribution is -2.14. The Morgan fingerprint density at radius 3 is 2.48 bits per heavy atom. The summed E-state index contributed by atoms with van der Waals surface area (Å²) in [6.45, 7) is 2.41. The van der Waals surface area contributed by atoms with E-state index in [2.05, 4.69) is 20.6 Å². The van der Waals surface area contributed by atoms with Crippen molar-refractivity contribution in [2.24, 2.45) is 0 Å². The number of carbonyl (C=O) groups excluding carboxylic acids is 1. The second-order valence-electron chi connectivity index (χ2n) is 5.86. The Morgan fingerprint density at radius 1 is 1.11 bits per heavy atom. The van der Waals surface area contributed by atoms with Crippen molar-refractivity contribution >= 4 is 29.1 Å². The third-order valence-corrected chi connectivity index (χ3v) is 4.45. The van der Waals surface area contributed by atoms with Gasteiger partial charge in [-0.25, -0.2) is 9.97 Å². The first-order valence-electron chi connectivity index (χ1n) is 8.32. The Morgan fingerprint density at radius 2 is 1.81 bits per heavy atom. The maximum atomic E-state index is 12.4. The smallest absolute Gasteiger partial charge is 0.258 e. The molecule has 7 heteroatoms. The van der Waals surface area contributed by atoms with Crippen LogP contribution in [0.25, 0.3) is 0 Å². The molecular weight excluding hydrogens is 364 g/mol. The molecule has 1 aromatic heterocycles. The van der Waals surface area contributed by atoms with E-state index in [1.807, 2.05) is 31.2 Å². The molecule has 6 nitrogen and oxygen atoms in total. The van der Waals surface area contributed by atoms with Gasteiger partial charge < -0.3 is 15.4 Å². The summed E-state index contributed by atoms with van der Waals surface area (Å²) in [7, 11) is 1.63. The molecule has 0 aliphatic rings. The van der Waals surface area contributed by atoms with E-state index in [4.69, 9.17) is 16.3 Å². The Bertz CT molecular complexity index is 928. The zero-order valence-electron chi connectivity index (χ0n) is 15.0. The predicted octanol–water partition coefficient (Wildman–Crippen LogP) is 4.31. The summed E-state index contributed by atoms with van der Waals surface area (Å²) in [5.41, 5.74) is 2.91. The van der Waals surface area contributed by atoms with Crippen molar-refractivity contribution < 1.29 is 9.53 Å². The van der Waals surface area contributed by atoms with Crippen molar-refractivity contribution in [3.63, 3.8) is 0 Å². The molecule has 0 unspecified atom stereocenters. The standard InChI is InChI=1S/C20H19ClN4O2/c1-13-17(21)4-3-5-18(13)25-19(26)15-11-23-20(24-12-15)22-10-14-6-8-16(27-2)9-7-14/h3-9,11-12H,10H2,1-2H3,(H,25,26)(H,22,23,24). The van der Waals surface area contributed by atoms with Crippen molar-refractivity contribution in [2.75, 3.05) is 17.7 Å². The fraction of sp³-hybridized carbons (Fsp3) is 0.150. The van der Waals surface area contributed by atoms with Gasteiger partial charge in [0.15, 0.2) is 0 Å². The minimum absolute atomic E-state index is 0.290. The normalized spacial score (nSPS) is 10.3. The van der Waals surface area contributed by atoms with E-state index < -0.39 is 0 Å². The van der Waals surface area contributed by atoms with Gasteiger partial charge in [-0.15, -0.1) is 0 Å². The Kier molecular flexibility index (Phi) is 5.88. The van der Waals surface area contributed by atoms with Crippen molar-refractivity contribution in [2.45, 2.75) is 13.5 Å². The maximum absolute atomic E-state index is 12.4. The van der Waals surface area contributed by atoms with Crippen LogP contribution in [0.3, 0.4) is 0 Å². The van der Waals surface area contributed by atoms with Gasteiger partial charge in [-0.1, -0.05) is 29.8 Å². The van der Waals surface area contributed by atoms with Crippen LogP contribution in [0.1, 0.15) is 21.5 Å². The number of methoxy groups -OCH3 is 1. The number of anilines is 2. The molecular formula is C20H19ClN4O2.